The fraction of sp³-hybridized carbons (Fsp3) is 0.105. The Morgan fingerprint density at radius 3 is 1.52 bits per heavy atom. The van der Waals surface area contributed by atoms with Gasteiger partial charge in [-0.15, -0.1) is 0 Å². The van der Waals surface area contributed by atoms with E-state index in [1.54, 1.807) is 48.5 Å². The third-order valence-corrected chi connectivity index (χ3v) is 7.42. The van der Waals surface area contributed by atoms with Gasteiger partial charge in [-0.3, -0.25) is 4.79 Å². The van der Waals surface area contributed by atoms with E-state index in [2.05, 4.69) is 17.5 Å². The van der Waals surface area contributed by atoms with Crippen molar-refractivity contribution in [3.05, 3.63) is 155 Å². The number of hydrogen-bond donors (Lipinski definition) is 1. The van der Waals surface area contributed by atoms with Crippen LogP contribution >= 0.6 is 0 Å². The highest BCUT2D eigenvalue weighted by atomic mass is 16.5. The zero-order valence-electron chi connectivity index (χ0n) is 24.1. The lowest BCUT2D eigenvalue weighted by Crippen LogP contribution is -2.38. The first kappa shape index (κ1) is 29.7. The van der Waals surface area contributed by atoms with Gasteiger partial charge in [-0.05, 0) is 71.1 Å². The fourth-order valence-electron chi connectivity index (χ4n) is 4.87. The average molecular weight is 576 g/mol. The van der Waals surface area contributed by atoms with E-state index in [0.29, 0.717) is 22.3 Å². The number of ether oxygens (including phenoxy) is 1. The van der Waals surface area contributed by atoms with E-state index in [4.69, 9.17) is 15.3 Å². The van der Waals surface area contributed by atoms with Gasteiger partial charge in [-0.1, -0.05) is 91.0 Å². The van der Waals surface area contributed by atoms with E-state index < -0.39 is 12.1 Å². The molecule has 6 heteroatoms. The monoisotopic (exact) mass is 575 g/mol. The van der Waals surface area contributed by atoms with Crippen molar-refractivity contribution in [3.8, 4) is 34.4 Å². The van der Waals surface area contributed by atoms with Crippen LogP contribution in [-0.4, -0.2) is 24.3 Å². The number of hydrogen-bond acceptors (Lipinski definition) is 6. The molecule has 0 bridgehead atoms. The molecule has 0 saturated heterocycles. The summed E-state index contributed by atoms with van der Waals surface area (Å²) in [7, 11) is 0. The Hall–Kier alpha value is -5.82. The molecule has 0 aromatic heterocycles. The molecule has 2 atom stereocenters. The van der Waals surface area contributed by atoms with Crippen LogP contribution in [0.15, 0.2) is 127 Å². The number of nitrogens with zero attached hydrogens (tertiary/aromatic N) is 2. The van der Waals surface area contributed by atoms with Crippen molar-refractivity contribution >= 4 is 11.8 Å². The fourth-order valence-corrected chi connectivity index (χ4v) is 4.87. The average Bonchev–Trinajstić information content (AvgIpc) is 3.10. The first-order valence-electron chi connectivity index (χ1n) is 14.2. The molecule has 2 unspecified atom stereocenters. The molecular weight excluding hydrogens is 546 g/mol. The number of ketones is 1. The van der Waals surface area contributed by atoms with Gasteiger partial charge in [0.15, 0.2) is 5.78 Å². The second-order valence-electron chi connectivity index (χ2n) is 10.4. The predicted molar refractivity (Wildman–Crippen MR) is 170 cm³/mol. The van der Waals surface area contributed by atoms with Crippen molar-refractivity contribution < 1.29 is 14.3 Å². The van der Waals surface area contributed by atoms with Gasteiger partial charge in [0.1, 0.15) is 6.10 Å². The van der Waals surface area contributed by atoms with E-state index in [0.717, 1.165) is 27.8 Å². The molecule has 5 rings (SSSR count). The van der Waals surface area contributed by atoms with Crippen LogP contribution in [0.5, 0.6) is 0 Å². The number of carbonyl (C=O) groups excluding carboxylic acids is 2. The van der Waals surface area contributed by atoms with Gasteiger partial charge in [-0.25, -0.2) is 4.79 Å². The maximum Gasteiger partial charge on any atom is 0.338 e. The first-order chi connectivity index (χ1) is 21.4. The zero-order chi connectivity index (χ0) is 30.9. The van der Waals surface area contributed by atoms with E-state index in [-0.39, 0.29) is 18.4 Å². The van der Waals surface area contributed by atoms with E-state index in [1.165, 1.54) is 0 Å². The van der Waals surface area contributed by atoms with Crippen LogP contribution in [0.3, 0.4) is 0 Å². The standard InChI is InChI=1S/C38H29N3O3/c1-26(41-25-36(42)33-19-15-31(16-20-33)29-11-7-27(23-39)8-12-29)37(34-5-3-2-4-6-34)44-38(43)35-21-17-32(18-22-35)30-13-9-28(24-40)10-14-30/h2-22,26,37,41H,25H2,1H3. The Kier molecular flexibility index (Phi) is 9.37. The smallest absolute Gasteiger partial charge is 0.338 e. The third kappa shape index (κ3) is 7.14. The molecule has 44 heavy (non-hydrogen) atoms. The van der Waals surface area contributed by atoms with Crippen molar-refractivity contribution in [1.29, 1.82) is 10.5 Å². The van der Waals surface area contributed by atoms with Crippen molar-refractivity contribution in [2.24, 2.45) is 0 Å². The summed E-state index contributed by atoms with van der Waals surface area (Å²) in [5.74, 6) is -0.552. The van der Waals surface area contributed by atoms with Crippen LogP contribution in [0.2, 0.25) is 0 Å². The highest BCUT2D eigenvalue weighted by molar-refractivity contribution is 5.98. The Morgan fingerprint density at radius 1 is 0.636 bits per heavy atom. The van der Waals surface area contributed by atoms with Gasteiger partial charge < -0.3 is 10.1 Å². The largest absolute Gasteiger partial charge is 0.452 e. The maximum atomic E-state index is 13.2. The summed E-state index contributed by atoms with van der Waals surface area (Å²) in [5.41, 5.74) is 6.75. The minimum Gasteiger partial charge on any atom is -0.452 e. The third-order valence-electron chi connectivity index (χ3n) is 7.42. The molecule has 0 spiro atoms. The van der Waals surface area contributed by atoms with Crippen LogP contribution in [0.4, 0.5) is 0 Å². The van der Waals surface area contributed by atoms with E-state index in [9.17, 15) is 9.59 Å². The summed E-state index contributed by atoms with van der Waals surface area (Å²) >= 11 is 0. The summed E-state index contributed by atoms with van der Waals surface area (Å²) in [6.45, 7) is 1.96. The Balaban J connectivity index is 1.24. The van der Waals surface area contributed by atoms with Gasteiger partial charge in [0.25, 0.3) is 0 Å². The van der Waals surface area contributed by atoms with Crippen molar-refractivity contribution in [1.82, 2.24) is 5.32 Å². The van der Waals surface area contributed by atoms with E-state index >= 15 is 0 Å². The molecule has 0 radical (unpaired) electrons. The topological polar surface area (TPSA) is 103 Å². The molecule has 5 aromatic rings. The van der Waals surface area contributed by atoms with Crippen molar-refractivity contribution in [3.63, 3.8) is 0 Å². The lowest BCUT2D eigenvalue weighted by Gasteiger charge is -2.25. The van der Waals surface area contributed by atoms with Crippen molar-refractivity contribution in [2.45, 2.75) is 19.1 Å². The van der Waals surface area contributed by atoms with Gasteiger partial charge in [-0.2, -0.15) is 10.5 Å². The number of carbonyl (C=O) groups is 2. The maximum absolute atomic E-state index is 13.2. The number of nitrogens with one attached hydrogen (secondary N) is 1. The minimum absolute atomic E-state index is 0.0670. The molecule has 0 heterocycles. The molecule has 5 aromatic carbocycles. The number of rotatable bonds is 10. The summed E-state index contributed by atoms with van der Waals surface area (Å²) < 4.78 is 6.01. The molecule has 0 amide bonds. The minimum atomic E-state index is -0.631. The summed E-state index contributed by atoms with van der Waals surface area (Å²) in [4.78, 5) is 26.3. The van der Waals surface area contributed by atoms with Crippen molar-refractivity contribution in [2.75, 3.05) is 6.54 Å². The Bertz CT molecular complexity index is 1820. The van der Waals surface area contributed by atoms with Crippen LogP contribution in [-0.2, 0) is 4.74 Å². The summed E-state index contributed by atoms with van der Waals surface area (Å²) in [5, 5.41) is 21.3. The predicted octanol–water partition coefficient (Wildman–Crippen LogP) is 7.52. The normalized spacial score (nSPS) is 11.9. The Morgan fingerprint density at radius 2 is 1.07 bits per heavy atom. The van der Waals surface area contributed by atoms with Gasteiger partial charge in [0, 0.05) is 11.6 Å². The number of esters is 1. The summed E-state index contributed by atoms with van der Waals surface area (Å²) in [6, 6.07) is 42.4. The lowest BCUT2D eigenvalue weighted by molar-refractivity contribution is 0.0213. The molecule has 0 aliphatic heterocycles. The summed E-state index contributed by atoms with van der Waals surface area (Å²) in [6.07, 6.45) is -0.631. The second-order valence-corrected chi connectivity index (χ2v) is 10.4. The molecule has 0 aliphatic carbocycles. The quantitative estimate of drug-likeness (QED) is 0.136. The molecule has 6 nitrogen and oxygen atoms in total. The van der Waals surface area contributed by atoms with Crippen LogP contribution in [0.1, 0.15) is 50.4 Å². The van der Waals surface area contributed by atoms with Crippen LogP contribution in [0.25, 0.3) is 22.3 Å². The second kappa shape index (κ2) is 13.9. The van der Waals surface area contributed by atoms with Crippen LogP contribution < -0.4 is 5.32 Å². The Labute approximate surface area is 256 Å². The molecule has 214 valence electrons. The van der Waals surface area contributed by atoms with E-state index in [1.807, 2.05) is 85.8 Å². The SMILES string of the molecule is CC(NCC(=O)c1ccc(-c2ccc(C#N)cc2)cc1)C(OC(=O)c1ccc(-c2ccc(C#N)cc2)cc1)c1ccccc1. The van der Waals surface area contributed by atoms with Gasteiger partial charge >= 0.3 is 5.97 Å². The number of nitriles is 2. The number of Topliss-reactive ketones (excluding diaryl/α,β-unsaturated/α-hetero) is 1. The highest BCUT2D eigenvalue weighted by Gasteiger charge is 2.25. The molecular formula is C38H29N3O3. The lowest BCUT2D eigenvalue weighted by atomic mass is 10.0. The molecule has 0 aliphatic rings. The molecule has 1 N–H and O–H groups in total. The highest BCUT2D eigenvalue weighted by Crippen LogP contribution is 2.25. The first-order valence-corrected chi connectivity index (χ1v) is 14.2. The molecule has 0 fully saturated rings. The molecule has 0 saturated carbocycles. The number of benzene rings is 5. The zero-order valence-corrected chi connectivity index (χ0v) is 24.1. The van der Waals surface area contributed by atoms with Gasteiger partial charge in [0.2, 0.25) is 0 Å². The van der Waals surface area contributed by atoms with Crippen LogP contribution in [0, 0.1) is 22.7 Å². The van der Waals surface area contributed by atoms with Gasteiger partial charge in [0.05, 0.1) is 35.4 Å².